The summed E-state index contributed by atoms with van der Waals surface area (Å²) >= 11 is 0. The van der Waals surface area contributed by atoms with Gasteiger partial charge < -0.3 is 19.5 Å². The monoisotopic (exact) mass is 665 g/mol. The maximum absolute atomic E-state index is 15.4. The van der Waals surface area contributed by atoms with Crippen LogP contribution in [-0.2, 0) is 11.2 Å². The predicted octanol–water partition coefficient (Wildman–Crippen LogP) is 7.47. The maximum Gasteiger partial charge on any atom is 0.319 e. The molecular weight excluding hydrogens is 617 g/mol. The fourth-order valence-corrected chi connectivity index (χ4v) is 9.19. The van der Waals surface area contributed by atoms with Crippen molar-refractivity contribution in [2.75, 3.05) is 50.9 Å². The first kappa shape index (κ1) is 32.4. The molecule has 1 N–H and O–H groups in total. The number of hydrogen-bond acceptors (Lipinski definition) is 8. The predicted molar refractivity (Wildman–Crippen MR) is 194 cm³/mol. The Kier molecular flexibility index (Phi) is 8.26. The molecule has 3 aromatic rings. The molecule has 0 bridgehead atoms. The number of phenols is 1. The number of aryl methyl sites for hydroxylation is 1. The van der Waals surface area contributed by atoms with E-state index >= 15 is 4.39 Å². The molecule has 8 rings (SSSR count). The van der Waals surface area contributed by atoms with E-state index in [2.05, 4.69) is 35.8 Å². The molecule has 0 unspecified atom stereocenters. The van der Waals surface area contributed by atoms with E-state index in [1.165, 1.54) is 18.9 Å². The van der Waals surface area contributed by atoms with Crippen molar-refractivity contribution < 1.29 is 19.0 Å². The summed E-state index contributed by atoms with van der Waals surface area (Å²) in [6, 6.07) is 7.08. The molecule has 258 valence electrons. The molecule has 4 aliphatic heterocycles. The van der Waals surface area contributed by atoms with E-state index in [1.54, 1.807) is 18.2 Å². The standard InChI is InChI=1S/C40H48FN5O3/c1-5-28-32(41)11-10-26-18-27(47)19-30(34(26)28)31-20-33-35(29(6-2)36(31)42-25(3)4)37(45-15-7-12-39(21-45)22-48-23-39)44-38(43-33)49-24-40-13-8-16-46(40)17-9-14-40/h6,10-11,18-20,25,47H,5,7-9,12-17,21-24H2,1-4H3/b29-6-,42-36?. The fourth-order valence-electron chi connectivity index (χ4n) is 9.19. The van der Waals surface area contributed by atoms with Crippen molar-refractivity contribution in [1.29, 1.82) is 0 Å². The molecule has 5 aliphatic rings. The second-order valence-corrected chi connectivity index (χ2v) is 15.1. The summed E-state index contributed by atoms with van der Waals surface area (Å²) in [5, 5.41) is 12.6. The molecule has 0 amide bonds. The summed E-state index contributed by atoms with van der Waals surface area (Å²) in [6.45, 7) is 14.3. The number of nitrogens with zero attached hydrogens (tertiary/aromatic N) is 5. The molecule has 0 radical (unpaired) electrons. The zero-order chi connectivity index (χ0) is 33.9. The maximum atomic E-state index is 15.4. The second kappa shape index (κ2) is 12.5. The van der Waals surface area contributed by atoms with E-state index in [9.17, 15) is 5.11 Å². The Bertz CT molecular complexity index is 1880. The number of ether oxygens (including phenoxy) is 2. The van der Waals surface area contributed by atoms with Crippen LogP contribution in [0, 0.1) is 11.2 Å². The zero-order valence-electron chi connectivity index (χ0n) is 29.3. The summed E-state index contributed by atoms with van der Waals surface area (Å²) in [5.41, 5.74) is 5.82. The minimum Gasteiger partial charge on any atom is -0.508 e. The number of rotatable bonds is 7. The van der Waals surface area contributed by atoms with E-state index in [4.69, 9.17) is 24.4 Å². The Labute approximate surface area is 288 Å². The number of hydrogen-bond donors (Lipinski definition) is 1. The number of piperidine rings is 1. The van der Waals surface area contributed by atoms with E-state index in [-0.39, 0.29) is 28.6 Å². The second-order valence-electron chi connectivity index (χ2n) is 15.1. The van der Waals surface area contributed by atoms with E-state index in [0.717, 1.165) is 115 Å². The topological polar surface area (TPSA) is 83.3 Å². The van der Waals surface area contributed by atoms with Crippen LogP contribution in [0.1, 0.15) is 88.6 Å². The van der Waals surface area contributed by atoms with E-state index < -0.39 is 0 Å². The van der Waals surface area contributed by atoms with Gasteiger partial charge in [0.2, 0.25) is 0 Å². The van der Waals surface area contributed by atoms with E-state index in [1.807, 2.05) is 13.8 Å². The molecule has 4 fully saturated rings. The Balaban J connectivity index is 1.34. The molecule has 2 aromatic carbocycles. The third-order valence-electron chi connectivity index (χ3n) is 11.5. The molecule has 49 heavy (non-hydrogen) atoms. The van der Waals surface area contributed by atoms with Gasteiger partial charge in [0.15, 0.2) is 0 Å². The van der Waals surface area contributed by atoms with Crippen LogP contribution in [0.5, 0.6) is 11.8 Å². The first-order chi connectivity index (χ1) is 23.7. The van der Waals surface area contributed by atoms with Crippen LogP contribution < -0.4 is 9.64 Å². The van der Waals surface area contributed by atoms with Gasteiger partial charge >= 0.3 is 6.01 Å². The Hall–Kier alpha value is -3.82. The SMILES string of the molecule is C/C=C1\C(=NC(C)C)C(c2cc(O)cc3ccc(F)c(CC)c23)=Cc2nc(OCC34CCCN3CCC4)nc(N3CCCC4(COC4)C3)c21. The lowest BCUT2D eigenvalue weighted by Crippen LogP contribution is -2.54. The highest BCUT2D eigenvalue weighted by atomic mass is 19.1. The van der Waals surface area contributed by atoms with Gasteiger partial charge in [-0.1, -0.05) is 19.1 Å². The lowest BCUT2D eigenvalue weighted by atomic mass is 9.77. The molecule has 9 heteroatoms. The van der Waals surface area contributed by atoms with Crippen LogP contribution in [0.4, 0.5) is 10.2 Å². The van der Waals surface area contributed by atoms with E-state index in [0.29, 0.717) is 24.6 Å². The van der Waals surface area contributed by atoms with Gasteiger partial charge in [0.1, 0.15) is 24.0 Å². The van der Waals surface area contributed by atoms with Gasteiger partial charge in [0.25, 0.3) is 0 Å². The number of benzene rings is 2. The highest BCUT2D eigenvalue weighted by Gasteiger charge is 2.46. The van der Waals surface area contributed by atoms with Crippen molar-refractivity contribution in [2.24, 2.45) is 10.4 Å². The average molecular weight is 666 g/mol. The molecular formula is C40H48FN5O3. The van der Waals surface area contributed by atoms with Crippen molar-refractivity contribution in [3.05, 3.63) is 58.5 Å². The van der Waals surface area contributed by atoms with Crippen molar-refractivity contribution in [2.45, 2.75) is 84.2 Å². The summed E-state index contributed by atoms with van der Waals surface area (Å²) in [5.74, 6) is 0.748. The third kappa shape index (κ3) is 5.53. The third-order valence-corrected chi connectivity index (χ3v) is 11.5. The molecule has 0 atom stereocenters. The summed E-state index contributed by atoms with van der Waals surface area (Å²) < 4.78 is 27.8. The van der Waals surface area contributed by atoms with Crippen LogP contribution in [0.2, 0.25) is 0 Å². The number of aliphatic imine (C=N–C) groups is 1. The number of halogens is 1. The minimum absolute atomic E-state index is 0.0155. The first-order valence-electron chi connectivity index (χ1n) is 18.3. The van der Waals surface area contributed by atoms with Crippen LogP contribution in [0.3, 0.4) is 0 Å². The highest BCUT2D eigenvalue weighted by molar-refractivity contribution is 6.50. The van der Waals surface area contributed by atoms with Crippen LogP contribution in [0.15, 0.2) is 35.3 Å². The van der Waals surface area contributed by atoms with Gasteiger partial charge in [-0.05, 0) is 125 Å². The average Bonchev–Trinajstić information content (AvgIpc) is 3.66. The lowest BCUT2D eigenvalue weighted by molar-refractivity contribution is -0.117. The fraction of sp³-hybridized carbons (Fsp3) is 0.525. The largest absolute Gasteiger partial charge is 0.508 e. The molecule has 1 aromatic heterocycles. The smallest absolute Gasteiger partial charge is 0.319 e. The number of phenolic OH excluding ortho intramolecular Hbond substituents is 1. The van der Waals surface area contributed by atoms with Crippen LogP contribution in [0.25, 0.3) is 28.0 Å². The lowest BCUT2D eigenvalue weighted by Gasteiger charge is -2.49. The molecule has 1 aliphatic carbocycles. The zero-order valence-corrected chi connectivity index (χ0v) is 29.3. The molecule has 8 nitrogen and oxygen atoms in total. The molecule has 1 spiro atoms. The van der Waals surface area contributed by atoms with Crippen molar-refractivity contribution in [1.82, 2.24) is 14.9 Å². The number of aromatic nitrogens is 2. The van der Waals surface area contributed by atoms with Gasteiger partial charge in [-0.3, -0.25) is 9.89 Å². The summed E-state index contributed by atoms with van der Waals surface area (Å²) in [6.07, 6.45) is 11.6. The van der Waals surface area contributed by atoms with Crippen molar-refractivity contribution >= 4 is 39.5 Å². The minimum atomic E-state index is -0.251. The number of anilines is 1. The Morgan fingerprint density at radius 3 is 2.55 bits per heavy atom. The van der Waals surface area contributed by atoms with Gasteiger partial charge in [0, 0.05) is 35.7 Å². The highest BCUT2D eigenvalue weighted by Crippen LogP contribution is 2.46. The normalized spacial score (nSPS) is 23.0. The number of aromatic hydroxyl groups is 1. The Morgan fingerprint density at radius 1 is 1.08 bits per heavy atom. The van der Waals surface area contributed by atoms with Crippen LogP contribution >= 0.6 is 0 Å². The Morgan fingerprint density at radius 2 is 1.86 bits per heavy atom. The van der Waals surface area contributed by atoms with Gasteiger partial charge in [-0.15, -0.1) is 0 Å². The van der Waals surface area contributed by atoms with Crippen LogP contribution in [-0.4, -0.2) is 83.3 Å². The molecule has 0 saturated carbocycles. The van der Waals surface area contributed by atoms with Crippen molar-refractivity contribution in [3.63, 3.8) is 0 Å². The van der Waals surface area contributed by atoms with Crippen molar-refractivity contribution in [3.8, 4) is 11.8 Å². The first-order valence-corrected chi connectivity index (χ1v) is 18.3. The summed E-state index contributed by atoms with van der Waals surface area (Å²) in [4.78, 5) is 20.6. The number of fused-ring (bicyclic) bond motifs is 3. The van der Waals surface area contributed by atoms with Gasteiger partial charge in [-0.2, -0.15) is 9.97 Å². The molecule has 5 heterocycles. The summed E-state index contributed by atoms with van der Waals surface area (Å²) in [7, 11) is 0. The quantitative estimate of drug-likeness (QED) is 0.280. The number of allylic oxidation sites excluding steroid dienone is 3. The van der Waals surface area contributed by atoms with Gasteiger partial charge in [0.05, 0.1) is 35.7 Å². The van der Waals surface area contributed by atoms with Gasteiger partial charge in [-0.25, -0.2) is 4.39 Å². The molecule has 4 saturated heterocycles.